The molecule has 23 heavy (non-hydrogen) atoms. The number of hydrogen-bond acceptors (Lipinski definition) is 3. The van der Waals surface area contributed by atoms with Gasteiger partial charge in [-0.2, -0.15) is 0 Å². The lowest BCUT2D eigenvalue weighted by Crippen LogP contribution is -2.24. The third kappa shape index (κ3) is 4.98. The molecule has 5 heteroatoms. The number of carbonyl (C=O) groups is 1. The van der Waals surface area contributed by atoms with Crippen LogP contribution in [-0.2, 0) is 11.4 Å². The number of hydrogen-bond donors (Lipinski definition) is 2. The second-order valence-corrected chi connectivity index (χ2v) is 5.48. The summed E-state index contributed by atoms with van der Waals surface area (Å²) >= 11 is 0. The Balaban J connectivity index is 0.00000192. The summed E-state index contributed by atoms with van der Waals surface area (Å²) in [5, 5.41) is 6.15. The van der Waals surface area contributed by atoms with Crippen molar-refractivity contribution in [3.63, 3.8) is 0 Å². The highest BCUT2D eigenvalue weighted by Gasteiger charge is 2.22. The van der Waals surface area contributed by atoms with Gasteiger partial charge in [0.1, 0.15) is 12.4 Å². The third-order valence-corrected chi connectivity index (χ3v) is 3.80. The zero-order valence-electron chi connectivity index (χ0n) is 12.8. The van der Waals surface area contributed by atoms with Crippen molar-refractivity contribution in [1.29, 1.82) is 0 Å². The molecule has 122 valence electrons. The lowest BCUT2D eigenvalue weighted by molar-refractivity contribution is -0.119. The largest absolute Gasteiger partial charge is 0.489 e. The Labute approximate surface area is 142 Å². The average Bonchev–Trinajstić information content (AvgIpc) is 3.10. The summed E-state index contributed by atoms with van der Waals surface area (Å²) in [6, 6.07) is 17.6. The molecule has 2 aromatic rings. The van der Waals surface area contributed by atoms with Crippen molar-refractivity contribution in [2.45, 2.75) is 13.0 Å². The van der Waals surface area contributed by atoms with Crippen LogP contribution in [0.3, 0.4) is 0 Å². The number of rotatable bonds is 5. The summed E-state index contributed by atoms with van der Waals surface area (Å²) in [6.45, 7) is 2.23. The van der Waals surface area contributed by atoms with Crippen LogP contribution in [0.5, 0.6) is 5.75 Å². The molecule has 2 N–H and O–H groups in total. The minimum absolute atomic E-state index is 0. The smallest absolute Gasteiger partial charge is 0.228 e. The van der Waals surface area contributed by atoms with E-state index in [0.29, 0.717) is 6.61 Å². The van der Waals surface area contributed by atoms with Crippen LogP contribution in [0.25, 0.3) is 0 Å². The van der Waals surface area contributed by atoms with Crippen LogP contribution >= 0.6 is 12.4 Å². The predicted molar refractivity (Wildman–Crippen MR) is 94.1 cm³/mol. The standard InChI is InChI=1S/C18H20N2O2.ClH/c21-18(15-10-11-19-12-15)20-16-6-8-17(9-7-16)22-13-14-4-2-1-3-5-14;/h1-9,15,19H,10-13H2,(H,20,21);1H. The van der Waals surface area contributed by atoms with Gasteiger partial charge in [-0.25, -0.2) is 0 Å². The Morgan fingerprint density at radius 2 is 1.87 bits per heavy atom. The highest BCUT2D eigenvalue weighted by atomic mass is 35.5. The van der Waals surface area contributed by atoms with Crippen molar-refractivity contribution < 1.29 is 9.53 Å². The molecule has 3 rings (SSSR count). The molecule has 0 spiro atoms. The zero-order valence-corrected chi connectivity index (χ0v) is 13.6. The quantitative estimate of drug-likeness (QED) is 0.883. The molecule has 0 aliphatic carbocycles. The zero-order chi connectivity index (χ0) is 15.2. The SMILES string of the molecule is Cl.O=C(Nc1ccc(OCc2ccccc2)cc1)C1CCNC1. The first kappa shape index (κ1) is 17.3. The van der Waals surface area contributed by atoms with Crippen LogP contribution in [0.4, 0.5) is 5.69 Å². The van der Waals surface area contributed by atoms with Gasteiger partial charge in [0.25, 0.3) is 0 Å². The van der Waals surface area contributed by atoms with Gasteiger partial charge in [-0.3, -0.25) is 4.79 Å². The van der Waals surface area contributed by atoms with E-state index in [4.69, 9.17) is 4.74 Å². The normalized spacial score (nSPS) is 16.4. The van der Waals surface area contributed by atoms with Crippen LogP contribution in [0.2, 0.25) is 0 Å². The van der Waals surface area contributed by atoms with E-state index in [-0.39, 0.29) is 24.2 Å². The maximum atomic E-state index is 12.0. The first-order chi connectivity index (χ1) is 10.8. The van der Waals surface area contributed by atoms with E-state index >= 15 is 0 Å². The number of anilines is 1. The molecule has 1 aliphatic heterocycles. The first-order valence-electron chi connectivity index (χ1n) is 7.59. The number of halogens is 1. The van der Waals surface area contributed by atoms with Gasteiger partial charge < -0.3 is 15.4 Å². The maximum Gasteiger partial charge on any atom is 0.228 e. The van der Waals surface area contributed by atoms with Crippen LogP contribution < -0.4 is 15.4 Å². The molecule has 1 fully saturated rings. The van der Waals surface area contributed by atoms with Gasteiger partial charge in [0.05, 0.1) is 5.92 Å². The monoisotopic (exact) mass is 332 g/mol. The van der Waals surface area contributed by atoms with E-state index in [1.807, 2.05) is 54.6 Å². The second kappa shape index (κ2) is 8.56. The Morgan fingerprint density at radius 1 is 1.13 bits per heavy atom. The van der Waals surface area contributed by atoms with Gasteiger partial charge in [0, 0.05) is 12.2 Å². The van der Waals surface area contributed by atoms with Crippen molar-refractivity contribution in [3.05, 3.63) is 60.2 Å². The van der Waals surface area contributed by atoms with Crippen LogP contribution in [0.1, 0.15) is 12.0 Å². The summed E-state index contributed by atoms with van der Waals surface area (Å²) in [6.07, 6.45) is 0.907. The predicted octanol–water partition coefficient (Wildman–Crippen LogP) is 3.24. The number of ether oxygens (including phenoxy) is 1. The number of benzene rings is 2. The number of nitrogens with one attached hydrogen (secondary N) is 2. The Kier molecular flexibility index (Phi) is 6.44. The van der Waals surface area contributed by atoms with Crippen molar-refractivity contribution in [2.24, 2.45) is 5.92 Å². The second-order valence-electron chi connectivity index (χ2n) is 5.48. The summed E-state index contributed by atoms with van der Waals surface area (Å²) in [5.74, 6) is 0.960. The summed E-state index contributed by atoms with van der Waals surface area (Å²) in [7, 11) is 0. The van der Waals surface area contributed by atoms with Crippen LogP contribution in [-0.4, -0.2) is 19.0 Å². The van der Waals surface area contributed by atoms with Crippen molar-refractivity contribution in [3.8, 4) is 5.75 Å². The van der Waals surface area contributed by atoms with E-state index in [2.05, 4.69) is 10.6 Å². The fourth-order valence-electron chi connectivity index (χ4n) is 2.50. The molecule has 1 heterocycles. The highest BCUT2D eigenvalue weighted by molar-refractivity contribution is 5.92. The Morgan fingerprint density at radius 3 is 2.52 bits per heavy atom. The number of amides is 1. The topological polar surface area (TPSA) is 50.4 Å². The van der Waals surface area contributed by atoms with E-state index in [1.165, 1.54) is 0 Å². The van der Waals surface area contributed by atoms with E-state index in [9.17, 15) is 4.79 Å². The fourth-order valence-corrected chi connectivity index (χ4v) is 2.50. The molecule has 4 nitrogen and oxygen atoms in total. The summed E-state index contributed by atoms with van der Waals surface area (Å²) < 4.78 is 5.73. The van der Waals surface area contributed by atoms with Crippen molar-refractivity contribution in [1.82, 2.24) is 5.32 Å². The molecule has 2 aromatic carbocycles. The molecule has 1 amide bonds. The first-order valence-corrected chi connectivity index (χ1v) is 7.59. The van der Waals surface area contributed by atoms with Crippen LogP contribution in [0, 0.1) is 5.92 Å². The lowest BCUT2D eigenvalue weighted by Gasteiger charge is -2.11. The van der Waals surface area contributed by atoms with E-state index < -0.39 is 0 Å². The molecule has 0 radical (unpaired) electrons. The van der Waals surface area contributed by atoms with Gasteiger partial charge in [-0.05, 0) is 42.8 Å². The van der Waals surface area contributed by atoms with Gasteiger partial charge in [-0.15, -0.1) is 12.4 Å². The molecule has 0 saturated carbocycles. The average molecular weight is 333 g/mol. The minimum Gasteiger partial charge on any atom is -0.489 e. The molecule has 0 bridgehead atoms. The molecule has 0 aromatic heterocycles. The summed E-state index contributed by atoms with van der Waals surface area (Å²) in [5.41, 5.74) is 1.94. The molecule has 1 unspecified atom stereocenters. The summed E-state index contributed by atoms with van der Waals surface area (Å²) in [4.78, 5) is 12.0. The van der Waals surface area contributed by atoms with E-state index in [0.717, 1.165) is 36.5 Å². The maximum absolute atomic E-state index is 12.0. The third-order valence-electron chi connectivity index (χ3n) is 3.80. The molecule has 1 saturated heterocycles. The van der Waals surface area contributed by atoms with Gasteiger partial charge in [-0.1, -0.05) is 30.3 Å². The molecular formula is C18H21ClN2O2. The van der Waals surface area contributed by atoms with Crippen molar-refractivity contribution in [2.75, 3.05) is 18.4 Å². The van der Waals surface area contributed by atoms with Gasteiger partial charge in [0.2, 0.25) is 5.91 Å². The van der Waals surface area contributed by atoms with Gasteiger partial charge in [0.15, 0.2) is 0 Å². The Hall–Kier alpha value is -2.04. The van der Waals surface area contributed by atoms with Gasteiger partial charge >= 0.3 is 0 Å². The Bertz CT molecular complexity index is 611. The molecule has 1 aliphatic rings. The number of carbonyl (C=O) groups excluding carboxylic acids is 1. The fraction of sp³-hybridized carbons (Fsp3) is 0.278. The minimum atomic E-state index is 0. The van der Waals surface area contributed by atoms with E-state index in [1.54, 1.807) is 0 Å². The van der Waals surface area contributed by atoms with Crippen molar-refractivity contribution >= 4 is 24.0 Å². The molecular weight excluding hydrogens is 312 g/mol. The highest BCUT2D eigenvalue weighted by Crippen LogP contribution is 2.18. The molecule has 1 atom stereocenters. The lowest BCUT2D eigenvalue weighted by atomic mass is 10.1. The van der Waals surface area contributed by atoms with Crippen LogP contribution in [0.15, 0.2) is 54.6 Å².